The van der Waals surface area contributed by atoms with Gasteiger partial charge in [0.2, 0.25) is 0 Å². The van der Waals surface area contributed by atoms with Crippen LogP contribution in [-0.2, 0) is 20.9 Å². The molecule has 6 nitrogen and oxygen atoms in total. The Morgan fingerprint density at radius 2 is 2.03 bits per heavy atom. The summed E-state index contributed by atoms with van der Waals surface area (Å²) in [7, 11) is 0. The summed E-state index contributed by atoms with van der Waals surface area (Å²) in [6.07, 6.45) is -1.40. The number of hydrogen-bond acceptors (Lipinski definition) is 6. The van der Waals surface area contributed by atoms with Gasteiger partial charge in [0.1, 0.15) is 22.1 Å². The lowest BCUT2D eigenvalue weighted by Gasteiger charge is -2.33. The van der Waals surface area contributed by atoms with Crippen molar-refractivity contribution in [2.75, 3.05) is 11.5 Å². The summed E-state index contributed by atoms with van der Waals surface area (Å²) in [6, 6.07) is 5.64. The molecule has 1 atom stereocenters. The molecule has 2 heterocycles. The molecule has 4 rings (SSSR count). The van der Waals surface area contributed by atoms with Gasteiger partial charge in [0, 0.05) is 6.07 Å². The fourth-order valence-electron chi connectivity index (χ4n) is 3.33. The Morgan fingerprint density at radius 1 is 1.26 bits per heavy atom. The van der Waals surface area contributed by atoms with Crippen LogP contribution in [0, 0.1) is 24.4 Å². The van der Waals surface area contributed by atoms with Gasteiger partial charge in [-0.15, -0.1) is 11.3 Å². The minimum atomic E-state index is -1.33. The summed E-state index contributed by atoms with van der Waals surface area (Å²) in [6.45, 7) is 3.54. The number of thiazole rings is 1. The van der Waals surface area contributed by atoms with Crippen LogP contribution >= 0.6 is 11.3 Å². The van der Waals surface area contributed by atoms with E-state index in [1.54, 1.807) is 25.1 Å². The van der Waals surface area contributed by atoms with E-state index in [-0.39, 0.29) is 29.3 Å². The van der Waals surface area contributed by atoms with Crippen molar-refractivity contribution in [1.29, 1.82) is 0 Å². The highest BCUT2D eigenvalue weighted by molar-refractivity contribution is 7.18. The number of aromatic nitrogens is 1. The number of carbonyl (C=O) groups is 2. The molecule has 3 aromatic rings. The van der Waals surface area contributed by atoms with Crippen molar-refractivity contribution in [1.82, 2.24) is 4.98 Å². The third kappa shape index (κ3) is 3.95. The predicted molar refractivity (Wildman–Crippen MR) is 108 cm³/mol. The largest absolute Gasteiger partial charge is 0.478 e. The van der Waals surface area contributed by atoms with Crippen LogP contribution in [0.25, 0.3) is 10.2 Å². The first-order valence-electron chi connectivity index (χ1n) is 9.45. The molecule has 0 saturated heterocycles. The molecule has 0 radical (unpaired) electrons. The van der Waals surface area contributed by atoms with Crippen LogP contribution in [0.3, 0.4) is 0 Å². The number of ether oxygens (including phenoxy) is 2. The molecule has 0 N–H and O–H groups in total. The SMILES string of the molecule is CCOC(=O)CC1Oc2cc(C)ccc2N(Cc2nc3c(F)c(F)cc(F)c3s2)C1=O. The van der Waals surface area contributed by atoms with Gasteiger partial charge >= 0.3 is 5.97 Å². The predicted octanol–water partition coefficient (Wildman–Crippen LogP) is 4.27. The molecule has 1 amide bonds. The third-order valence-electron chi connectivity index (χ3n) is 4.73. The van der Waals surface area contributed by atoms with E-state index in [1.807, 2.05) is 6.92 Å². The quantitative estimate of drug-likeness (QED) is 0.429. The minimum Gasteiger partial charge on any atom is -0.478 e. The minimum absolute atomic E-state index is 0.128. The number of rotatable bonds is 5. The Kier molecular flexibility index (Phi) is 5.57. The second-order valence-electron chi connectivity index (χ2n) is 6.95. The lowest BCUT2D eigenvalue weighted by molar-refractivity contribution is -0.147. The van der Waals surface area contributed by atoms with Crippen molar-refractivity contribution in [2.24, 2.45) is 0 Å². The van der Waals surface area contributed by atoms with E-state index in [4.69, 9.17) is 9.47 Å². The zero-order valence-electron chi connectivity index (χ0n) is 16.6. The van der Waals surface area contributed by atoms with Crippen molar-refractivity contribution in [3.05, 3.63) is 52.3 Å². The number of aryl methyl sites for hydroxylation is 1. The van der Waals surface area contributed by atoms with Gasteiger partial charge in [-0.1, -0.05) is 6.07 Å². The van der Waals surface area contributed by atoms with E-state index in [0.29, 0.717) is 17.5 Å². The second-order valence-corrected chi connectivity index (χ2v) is 8.03. The molecule has 0 spiro atoms. The second kappa shape index (κ2) is 8.18. The molecule has 1 unspecified atom stereocenters. The molecule has 162 valence electrons. The summed E-state index contributed by atoms with van der Waals surface area (Å²) in [5.41, 5.74) is 0.884. The van der Waals surface area contributed by atoms with Crippen molar-refractivity contribution in [2.45, 2.75) is 32.9 Å². The van der Waals surface area contributed by atoms with Crippen LogP contribution in [0.5, 0.6) is 5.75 Å². The monoisotopic (exact) mass is 450 g/mol. The van der Waals surface area contributed by atoms with Crippen LogP contribution in [-0.4, -0.2) is 29.6 Å². The smallest absolute Gasteiger partial charge is 0.310 e. The number of hydrogen-bond donors (Lipinski definition) is 0. The van der Waals surface area contributed by atoms with Gasteiger partial charge in [0.05, 0.1) is 30.0 Å². The summed E-state index contributed by atoms with van der Waals surface area (Å²) >= 11 is 0.824. The van der Waals surface area contributed by atoms with Gasteiger partial charge < -0.3 is 9.47 Å². The highest BCUT2D eigenvalue weighted by Crippen LogP contribution is 2.38. The summed E-state index contributed by atoms with van der Waals surface area (Å²) < 4.78 is 52.2. The highest BCUT2D eigenvalue weighted by Gasteiger charge is 2.37. The fraction of sp³-hybridized carbons (Fsp3) is 0.286. The molecule has 0 bridgehead atoms. The Labute approximate surface area is 179 Å². The number of esters is 1. The van der Waals surface area contributed by atoms with Gasteiger partial charge in [-0.3, -0.25) is 14.5 Å². The topological polar surface area (TPSA) is 68.7 Å². The molecule has 2 aromatic carbocycles. The molecule has 0 fully saturated rings. The zero-order valence-corrected chi connectivity index (χ0v) is 17.4. The van der Waals surface area contributed by atoms with E-state index in [2.05, 4.69) is 4.98 Å². The Hall–Kier alpha value is -3.14. The lowest BCUT2D eigenvalue weighted by Crippen LogP contribution is -2.46. The molecule has 0 saturated carbocycles. The Bertz CT molecular complexity index is 1200. The average molecular weight is 450 g/mol. The van der Waals surface area contributed by atoms with Crippen molar-refractivity contribution in [3.8, 4) is 5.75 Å². The maximum atomic E-state index is 14.1. The number of amides is 1. The number of carbonyl (C=O) groups excluding carboxylic acids is 2. The molecule has 0 aliphatic carbocycles. The van der Waals surface area contributed by atoms with Crippen LogP contribution < -0.4 is 9.64 Å². The maximum Gasteiger partial charge on any atom is 0.310 e. The number of nitrogens with zero attached hydrogens (tertiary/aromatic N) is 2. The molecule has 1 aliphatic heterocycles. The van der Waals surface area contributed by atoms with Gasteiger partial charge in [0.25, 0.3) is 5.91 Å². The van der Waals surface area contributed by atoms with Crippen molar-refractivity contribution in [3.63, 3.8) is 0 Å². The van der Waals surface area contributed by atoms with Crippen LogP contribution in [0.2, 0.25) is 0 Å². The number of benzene rings is 2. The van der Waals surface area contributed by atoms with E-state index in [1.165, 1.54) is 4.90 Å². The van der Waals surface area contributed by atoms with E-state index < -0.39 is 40.9 Å². The normalized spacial score (nSPS) is 15.7. The van der Waals surface area contributed by atoms with Crippen LogP contribution in [0.4, 0.5) is 18.9 Å². The van der Waals surface area contributed by atoms with Gasteiger partial charge in [-0.05, 0) is 31.5 Å². The number of halogens is 3. The number of anilines is 1. The first-order valence-corrected chi connectivity index (χ1v) is 10.3. The van der Waals surface area contributed by atoms with Crippen molar-refractivity contribution >= 4 is 39.1 Å². The summed E-state index contributed by atoms with van der Waals surface area (Å²) in [4.78, 5) is 30.4. The number of fused-ring (bicyclic) bond motifs is 2. The van der Waals surface area contributed by atoms with Crippen LogP contribution in [0.15, 0.2) is 24.3 Å². The summed E-state index contributed by atoms with van der Waals surface area (Å²) in [5, 5.41) is 0.204. The molecule has 1 aromatic heterocycles. The molecular formula is C21H17F3N2O4S. The van der Waals surface area contributed by atoms with E-state index in [9.17, 15) is 22.8 Å². The van der Waals surface area contributed by atoms with Crippen LogP contribution in [0.1, 0.15) is 23.9 Å². The Morgan fingerprint density at radius 3 is 2.77 bits per heavy atom. The fourth-order valence-corrected chi connectivity index (χ4v) is 4.28. The third-order valence-corrected chi connectivity index (χ3v) is 5.78. The summed E-state index contributed by atoms with van der Waals surface area (Å²) in [5.74, 6) is -4.23. The Balaban J connectivity index is 1.71. The molecular weight excluding hydrogens is 433 g/mol. The molecule has 10 heteroatoms. The van der Waals surface area contributed by atoms with Gasteiger partial charge in [0.15, 0.2) is 17.7 Å². The van der Waals surface area contributed by atoms with Crippen molar-refractivity contribution < 1.29 is 32.2 Å². The van der Waals surface area contributed by atoms with E-state index >= 15 is 0 Å². The average Bonchev–Trinajstić information content (AvgIpc) is 3.14. The van der Waals surface area contributed by atoms with Gasteiger partial charge in [-0.25, -0.2) is 18.2 Å². The van der Waals surface area contributed by atoms with Gasteiger partial charge in [-0.2, -0.15) is 0 Å². The maximum absolute atomic E-state index is 14.1. The van der Waals surface area contributed by atoms with E-state index in [0.717, 1.165) is 16.9 Å². The highest BCUT2D eigenvalue weighted by atomic mass is 32.1. The first-order chi connectivity index (χ1) is 14.8. The zero-order chi connectivity index (χ0) is 22.3. The lowest BCUT2D eigenvalue weighted by atomic mass is 10.1. The first kappa shape index (κ1) is 21.1. The molecule has 1 aliphatic rings. The molecule has 31 heavy (non-hydrogen) atoms. The standard InChI is InChI=1S/C21H17F3N2O4S/c1-3-29-17(27)8-15-21(28)26(13-5-4-10(2)6-14(13)30-15)9-16-25-19-18(24)11(22)7-12(23)20(19)31-16/h4-7,15H,3,8-9H2,1-2H3.